The first-order valence-electron chi connectivity index (χ1n) is 7.84. The molecule has 0 spiro atoms. The summed E-state index contributed by atoms with van der Waals surface area (Å²) < 4.78 is 25.8. The van der Waals surface area contributed by atoms with E-state index in [4.69, 9.17) is 0 Å². The maximum absolute atomic E-state index is 11.6. The lowest BCUT2D eigenvalue weighted by Gasteiger charge is -2.38. The van der Waals surface area contributed by atoms with Crippen LogP contribution >= 0.6 is 0 Å². The minimum Gasteiger partial charge on any atom is -0.371 e. The van der Waals surface area contributed by atoms with Crippen LogP contribution in [0.15, 0.2) is 6.07 Å². The van der Waals surface area contributed by atoms with E-state index in [-0.39, 0.29) is 0 Å². The number of benzene rings is 1. The van der Waals surface area contributed by atoms with Crippen LogP contribution in [0, 0.1) is 6.92 Å². The predicted octanol–water partition coefficient (Wildman–Crippen LogP) is 3.09. The second-order valence-corrected chi connectivity index (χ2v) is 7.37. The van der Waals surface area contributed by atoms with Crippen molar-refractivity contribution in [3.63, 3.8) is 0 Å². The van der Waals surface area contributed by atoms with Crippen LogP contribution in [0.5, 0.6) is 0 Å². The maximum atomic E-state index is 11.6. The van der Waals surface area contributed by atoms with Gasteiger partial charge in [-0.05, 0) is 43.7 Å². The van der Waals surface area contributed by atoms with Crippen molar-refractivity contribution in [2.45, 2.75) is 46.5 Å². The smallest absolute Gasteiger partial charge is 0.229 e. The van der Waals surface area contributed by atoms with Crippen molar-refractivity contribution in [2.75, 3.05) is 29.0 Å². The molecule has 1 aromatic rings. The molecule has 118 valence electrons. The molecule has 0 saturated heterocycles. The highest BCUT2D eigenvalue weighted by Gasteiger charge is 2.27. The molecule has 0 fully saturated rings. The zero-order valence-electron chi connectivity index (χ0n) is 13.5. The van der Waals surface area contributed by atoms with E-state index >= 15 is 0 Å². The molecule has 0 bridgehead atoms. The third kappa shape index (κ3) is 3.34. The van der Waals surface area contributed by atoms with Crippen molar-refractivity contribution in [3.05, 3.63) is 22.8 Å². The summed E-state index contributed by atoms with van der Waals surface area (Å²) in [5, 5.41) is 0. The van der Waals surface area contributed by atoms with Gasteiger partial charge in [0.15, 0.2) is 0 Å². The average Bonchev–Trinajstić information content (AvgIpc) is 2.44. The topological polar surface area (TPSA) is 49.4 Å². The van der Waals surface area contributed by atoms with E-state index in [0.717, 1.165) is 43.6 Å². The fraction of sp³-hybridized carbons (Fsp3) is 0.625. The number of aryl methyl sites for hydroxylation is 2. The average molecular weight is 310 g/mol. The van der Waals surface area contributed by atoms with Gasteiger partial charge in [0.25, 0.3) is 0 Å². The number of hydrogen-bond donors (Lipinski definition) is 1. The molecule has 0 aromatic heterocycles. The molecule has 21 heavy (non-hydrogen) atoms. The Balaban J connectivity index is 0.000000774. The van der Waals surface area contributed by atoms with Gasteiger partial charge < -0.3 is 4.90 Å². The molecular formula is C16H26N2O2S. The highest BCUT2D eigenvalue weighted by Crippen LogP contribution is 2.41. The Morgan fingerprint density at radius 1 is 1.14 bits per heavy atom. The lowest BCUT2D eigenvalue weighted by molar-refractivity contribution is 0.606. The van der Waals surface area contributed by atoms with Gasteiger partial charge in [-0.25, -0.2) is 8.42 Å². The third-order valence-electron chi connectivity index (χ3n) is 4.01. The lowest BCUT2D eigenvalue weighted by Crippen LogP contribution is -2.35. The number of hydrogen-bond acceptors (Lipinski definition) is 3. The molecule has 0 atom stereocenters. The molecule has 4 nitrogen and oxygen atoms in total. The SMILES string of the molecule is CC.Cc1cc2c3c(c1NS(C)(=O)=O)CCCN3CCC2. The van der Waals surface area contributed by atoms with E-state index in [2.05, 4.69) is 15.7 Å². The van der Waals surface area contributed by atoms with Crippen molar-refractivity contribution < 1.29 is 8.42 Å². The second kappa shape index (κ2) is 6.26. The minimum atomic E-state index is -3.22. The quantitative estimate of drug-likeness (QED) is 0.913. The van der Waals surface area contributed by atoms with Gasteiger partial charge >= 0.3 is 0 Å². The van der Waals surface area contributed by atoms with Crippen LogP contribution in [-0.4, -0.2) is 27.8 Å². The van der Waals surface area contributed by atoms with Crippen molar-refractivity contribution in [3.8, 4) is 0 Å². The van der Waals surface area contributed by atoms with Crippen LogP contribution in [-0.2, 0) is 22.9 Å². The number of nitrogens with zero attached hydrogens (tertiary/aromatic N) is 1. The van der Waals surface area contributed by atoms with Gasteiger partial charge in [0.1, 0.15) is 0 Å². The predicted molar refractivity (Wildman–Crippen MR) is 89.8 cm³/mol. The lowest BCUT2D eigenvalue weighted by atomic mass is 9.89. The molecule has 0 amide bonds. The van der Waals surface area contributed by atoms with Gasteiger partial charge in [-0.15, -0.1) is 0 Å². The fourth-order valence-electron chi connectivity index (χ4n) is 3.35. The second-order valence-electron chi connectivity index (χ2n) is 5.62. The summed E-state index contributed by atoms with van der Waals surface area (Å²) in [7, 11) is -3.22. The van der Waals surface area contributed by atoms with E-state index in [1.165, 1.54) is 29.5 Å². The van der Waals surface area contributed by atoms with Gasteiger partial charge in [0, 0.05) is 24.3 Å². The van der Waals surface area contributed by atoms with Gasteiger partial charge in [0.05, 0.1) is 11.9 Å². The molecule has 1 N–H and O–H groups in total. The molecule has 0 saturated carbocycles. The zero-order chi connectivity index (χ0) is 15.6. The number of nitrogens with one attached hydrogen (secondary N) is 1. The summed E-state index contributed by atoms with van der Waals surface area (Å²) in [6, 6.07) is 2.16. The molecule has 0 radical (unpaired) electrons. The number of rotatable bonds is 2. The fourth-order valence-corrected chi connectivity index (χ4v) is 4.00. The Labute approximate surface area is 128 Å². The first-order valence-corrected chi connectivity index (χ1v) is 9.73. The summed E-state index contributed by atoms with van der Waals surface area (Å²) in [4.78, 5) is 2.42. The highest BCUT2D eigenvalue weighted by atomic mass is 32.2. The number of sulfonamides is 1. The standard InChI is InChI=1S/C14H20N2O2S.C2H6/c1-10-9-11-5-3-7-16-8-4-6-12(14(11)16)13(10)15-19(2,17)18;1-2/h9,15H,3-8H2,1-2H3;1-2H3. The zero-order valence-corrected chi connectivity index (χ0v) is 14.3. The molecular weight excluding hydrogens is 284 g/mol. The third-order valence-corrected chi connectivity index (χ3v) is 4.58. The van der Waals surface area contributed by atoms with Gasteiger partial charge in [-0.3, -0.25) is 4.72 Å². The van der Waals surface area contributed by atoms with Crippen LogP contribution in [0.4, 0.5) is 11.4 Å². The molecule has 0 aliphatic carbocycles. The van der Waals surface area contributed by atoms with Gasteiger partial charge in [0.2, 0.25) is 10.0 Å². The van der Waals surface area contributed by atoms with E-state index in [9.17, 15) is 8.42 Å². The van der Waals surface area contributed by atoms with Crippen molar-refractivity contribution in [2.24, 2.45) is 0 Å². The van der Waals surface area contributed by atoms with E-state index < -0.39 is 10.0 Å². The Kier molecular flexibility index (Phi) is 4.81. The monoisotopic (exact) mass is 310 g/mol. The molecule has 3 rings (SSSR count). The van der Waals surface area contributed by atoms with Crippen molar-refractivity contribution >= 4 is 21.4 Å². The molecule has 0 unspecified atom stereocenters. The maximum Gasteiger partial charge on any atom is 0.229 e. The van der Waals surface area contributed by atoms with Gasteiger partial charge in [-0.2, -0.15) is 0 Å². The summed E-state index contributed by atoms with van der Waals surface area (Å²) in [6.45, 7) is 8.20. The van der Waals surface area contributed by atoms with E-state index in [0.29, 0.717) is 0 Å². The Morgan fingerprint density at radius 2 is 1.76 bits per heavy atom. The molecule has 2 aliphatic rings. The van der Waals surface area contributed by atoms with Crippen LogP contribution in [0.1, 0.15) is 43.4 Å². The molecule has 5 heteroatoms. The first-order chi connectivity index (χ1) is 9.96. The first kappa shape index (κ1) is 16.1. The minimum absolute atomic E-state index is 0.813. The Morgan fingerprint density at radius 3 is 2.38 bits per heavy atom. The summed E-state index contributed by atoms with van der Waals surface area (Å²) in [5.74, 6) is 0. The van der Waals surface area contributed by atoms with Crippen LogP contribution in [0.3, 0.4) is 0 Å². The van der Waals surface area contributed by atoms with Crippen LogP contribution in [0.25, 0.3) is 0 Å². The Hall–Kier alpha value is -1.23. The summed E-state index contributed by atoms with van der Waals surface area (Å²) in [6.07, 6.45) is 5.61. The summed E-state index contributed by atoms with van der Waals surface area (Å²) in [5.41, 5.74) is 5.74. The summed E-state index contributed by atoms with van der Waals surface area (Å²) >= 11 is 0. The van der Waals surface area contributed by atoms with Crippen LogP contribution in [0.2, 0.25) is 0 Å². The van der Waals surface area contributed by atoms with Gasteiger partial charge in [-0.1, -0.05) is 19.9 Å². The number of anilines is 2. The van der Waals surface area contributed by atoms with E-state index in [1.807, 2.05) is 20.8 Å². The van der Waals surface area contributed by atoms with Crippen molar-refractivity contribution in [1.29, 1.82) is 0 Å². The van der Waals surface area contributed by atoms with Crippen LogP contribution < -0.4 is 9.62 Å². The van der Waals surface area contributed by atoms with Crippen molar-refractivity contribution in [1.82, 2.24) is 0 Å². The Bertz CT molecular complexity index is 622. The van der Waals surface area contributed by atoms with E-state index in [1.54, 1.807) is 0 Å². The normalized spacial score (nSPS) is 16.7. The molecule has 2 aliphatic heterocycles. The molecule has 1 aromatic carbocycles. The highest BCUT2D eigenvalue weighted by molar-refractivity contribution is 7.92. The largest absolute Gasteiger partial charge is 0.371 e. The molecule has 2 heterocycles.